The van der Waals surface area contributed by atoms with Gasteiger partial charge in [-0.15, -0.1) is 5.10 Å². The van der Waals surface area contributed by atoms with Crippen LogP contribution in [0, 0.1) is 5.82 Å². The zero-order valence-electron chi connectivity index (χ0n) is 9.66. The number of hydrogen-bond donors (Lipinski definition) is 1. The highest BCUT2D eigenvalue weighted by atomic mass is 19.1. The van der Waals surface area contributed by atoms with Crippen molar-refractivity contribution in [2.45, 2.75) is 32.7 Å². The molecule has 0 aliphatic heterocycles. The van der Waals surface area contributed by atoms with E-state index in [1.54, 1.807) is 6.07 Å². The molecule has 0 saturated heterocycles. The second-order valence-electron chi connectivity index (χ2n) is 4.45. The van der Waals surface area contributed by atoms with Gasteiger partial charge < -0.3 is 5.32 Å². The number of nitrogens with one attached hydrogen (secondary N) is 1. The molecule has 0 fully saturated rings. The van der Waals surface area contributed by atoms with Crippen LogP contribution in [0.25, 0.3) is 5.65 Å². The van der Waals surface area contributed by atoms with E-state index in [9.17, 15) is 4.39 Å². The number of hydrogen-bond acceptors (Lipinski definition) is 3. The van der Waals surface area contributed by atoms with Gasteiger partial charge in [-0.3, -0.25) is 0 Å². The molecule has 5 heteroatoms. The summed E-state index contributed by atoms with van der Waals surface area (Å²) in [7, 11) is 0. The van der Waals surface area contributed by atoms with Gasteiger partial charge in [0, 0.05) is 5.54 Å². The zero-order valence-corrected chi connectivity index (χ0v) is 9.66. The third-order valence-electron chi connectivity index (χ3n) is 2.63. The van der Waals surface area contributed by atoms with E-state index in [4.69, 9.17) is 0 Å². The highest BCUT2D eigenvalue weighted by Crippen LogP contribution is 2.15. The summed E-state index contributed by atoms with van der Waals surface area (Å²) in [5.41, 5.74) is 0.569. The average Bonchev–Trinajstić information content (AvgIpc) is 2.58. The lowest BCUT2D eigenvalue weighted by atomic mass is 10.0. The van der Waals surface area contributed by atoms with Crippen LogP contribution in [0.1, 0.15) is 27.2 Å². The molecule has 0 aromatic carbocycles. The van der Waals surface area contributed by atoms with E-state index in [1.807, 2.05) is 0 Å². The molecule has 0 unspecified atom stereocenters. The lowest BCUT2D eigenvalue weighted by Crippen LogP contribution is -2.30. The van der Waals surface area contributed by atoms with Crippen molar-refractivity contribution < 1.29 is 4.39 Å². The van der Waals surface area contributed by atoms with Crippen LogP contribution >= 0.6 is 0 Å². The van der Waals surface area contributed by atoms with Gasteiger partial charge >= 0.3 is 0 Å². The summed E-state index contributed by atoms with van der Waals surface area (Å²) in [5, 5.41) is 7.37. The van der Waals surface area contributed by atoms with Crippen LogP contribution in [-0.4, -0.2) is 20.1 Å². The molecule has 0 aliphatic carbocycles. The SMILES string of the molecule is CCC(C)(C)Nc1nc2ccc(F)cn2n1. The fourth-order valence-corrected chi connectivity index (χ4v) is 1.30. The third kappa shape index (κ3) is 2.13. The van der Waals surface area contributed by atoms with E-state index in [-0.39, 0.29) is 11.4 Å². The summed E-state index contributed by atoms with van der Waals surface area (Å²) < 4.78 is 14.4. The minimum Gasteiger partial charge on any atom is -0.348 e. The van der Waals surface area contributed by atoms with Crippen molar-refractivity contribution in [3.63, 3.8) is 0 Å². The molecule has 0 saturated carbocycles. The van der Waals surface area contributed by atoms with Crippen molar-refractivity contribution in [3.8, 4) is 0 Å². The summed E-state index contributed by atoms with van der Waals surface area (Å²) >= 11 is 0. The summed E-state index contributed by atoms with van der Waals surface area (Å²) in [5.74, 6) is 0.205. The molecular weight excluding hydrogens is 207 g/mol. The largest absolute Gasteiger partial charge is 0.348 e. The van der Waals surface area contributed by atoms with Gasteiger partial charge in [-0.1, -0.05) is 6.92 Å². The second kappa shape index (κ2) is 3.73. The van der Waals surface area contributed by atoms with Crippen LogP contribution in [0.3, 0.4) is 0 Å². The Hall–Kier alpha value is -1.65. The molecule has 16 heavy (non-hydrogen) atoms. The number of rotatable bonds is 3. The first-order valence-corrected chi connectivity index (χ1v) is 5.30. The molecule has 0 atom stereocenters. The summed E-state index contributed by atoms with van der Waals surface area (Å²) in [6.07, 6.45) is 2.27. The van der Waals surface area contributed by atoms with Crippen molar-refractivity contribution in [1.82, 2.24) is 14.6 Å². The van der Waals surface area contributed by atoms with Crippen molar-refractivity contribution >= 4 is 11.6 Å². The van der Waals surface area contributed by atoms with E-state index in [2.05, 4.69) is 36.2 Å². The predicted molar refractivity (Wildman–Crippen MR) is 60.9 cm³/mol. The Morgan fingerprint density at radius 1 is 1.44 bits per heavy atom. The molecule has 86 valence electrons. The second-order valence-corrected chi connectivity index (χ2v) is 4.45. The van der Waals surface area contributed by atoms with Gasteiger partial charge in [0.1, 0.15) is 5.82 Å². The van der Waals surface area contributed by atoms with Gasteiger partial charge in [0.25, 0.3) is 0 Å². The molecule has 0 bridgehead atoms. The van der Waals surface area contributed by atoms with Gasteiger partial charge in [-0.2, -0.15) is 4.98 Å². The monoisotopic (exact) mass is 222 g/mol. The highest BCUT2D eigenvalue weighted by molar-refractivity contribution is 5.43. The Balaban J connectivity index is 2.33. The molecule has 2 rings (SSSR count). The number of aromatic nitrogens is 3. The van der Waals surface area contributed by atoms with Crippen molar-refractivity contribution in [1.29, 1.82) is 0 Å². The fourth-order valence-electron chi connectivity index (χ4n) is 1.30. The average molecular weight is 222 g/mol. The standard InChI is InChI=1S/C11H15FN4/c1-4-11(2,3)14-10-13-9-6-5-8(12)7-16(9)15-10/h5-7H,4H2,1-3H3,(H,14,15). The van der Waals surface area contributed by atoms with Gasteiger partial charge in [0.15, 0.2) is 5.65 Å². The predicted octanol–water partition coefficient (Wildman–Crippen LogP) is 2.47. The van der Waals surface area contributed by atoms with E-state index in [0.717, 1.165) is 6.42 Å². The smallest absolute Gasteiger partial charge is 0.243 e. The number of halogens is 1. The van der Waals surface area contributed by atoms with Crippen molar-refractivity contribution in [3.05, 3.63) is 24.1 Å². The molecule has 0 amide bonds. The Morgan fingerprint density at radius 3 is 2.88 bits per heavy atom. The Morgan fingerprint density at radius 2 is 2.19 bits per heavy atom. The molecule has 0 aliphatic rings. The van der Waals surface area contributed by atoms with Gasteiger partial charge in [-0.05, 0) is 32.4 Å². The minimum absolute atomic E-state index is 0.0660. The van der Waals surface area contributed by atoms with Crippen LogP contribution in [0.4, 0.5) is 10.3 Å². The number of pyridine rings is 1. The topological polar surface area (TPSA) is 42.2 Å². The van der Waals surface area contributed by atoms with E-state index >= 15 is 0 Å². The van der Waals surface area contributed by atoms with Crippen LogP contribution in [0.2, 0.25) is 0 Å². The maximum Gasteiger partial charge on any atom is 0.243 e. The molecule has 0 radical (unpaired) electrons. The normalized spacial score (nSPS) is 12.0. The van der Waals surface area contributed by atoms with E-state index < -0.39 is 0 Å². The van der Waals surface area contributed by atoms with E-state index in [0.29, 0.717) is 11.6 Å². The fraction of sp³-hybridized carbons (Fsp3) is 0.455. The van der Waals surface area contributed by atoms with Crippen molar-refractivity contribution in [2.75, 3.05) is 5.32 Å². The van der Waals surface area contributed by atoms with E-state index in [1.165, 1.54) is 16.8 Å². The molecule has 2 aromatic rings. The molecule has 2 aromatic heterocycles. The Kier molecular flexibility index (Phi) is 2.53. The lowest BCUT2D eigenvalue weighted by molar-refractivity contribution is 0.542. The third-order valence-corrected chi connectivity index (χ3v) is 2.63. The number of fused-ring (bicyclic) bond motifs is 1. The molecule has 4 nitrogen and oxygen atoms in total. The first-order valence-electron chi connectivity index (χ1n) is 5.30. The lowest BCUT2D eigenvalue weighted by Gasteiger charge is -2.23. The Bertz CT molecular complexity index is 504. The first-order chi connectivity index (χ1) is 7.50. The van der Waals surface area contributed by atoms with Crippen LogP contribution in [0.5, 0.6) is 0 Å². The highest BCUT2D eigenvalue weighted by Gasteiger charge is 2.16. The molecule has 1 N–H and O–H groups in total. The van der Waals surface area contributed by atoms with Gasteiger partial charge in [0.2, 0.25) is 5.95 Å². The molecule has 0 spiro atoms. The van der Waals surface area contributed by atoms with Gasteiger partial charge in [0.05, 0.1) is 6.20 Å². The van der Waals surface area contributed by atoms with Crippen LogP contribution in [0.15, 0.2) is 18.3 Å². The maximum absolute atomic E-state index is 12.9. The maximum atomic E-state index is 12.9. The Labute approximate surface area is 93.5 Å². The molecular formula is C11H15FN4. The van der Waals surface area contributed by atoms with Crippen LogP contribution in [-0.2, 0) is 0 Å². The quantitative estimate of drug-likeness (QED) is 0.867. The first kappa shape index (κ1) is 10.9. The van der Waals surface area contributed by atoms with Crippen LogP contribution < -0.4 is 5.32 Å². The number of nitrogens with zero attached hydrogens (tertiary/aromatic N) is 3. The van der Waals surface area contributed by atoms with Crippen molar-refractivity contribution in [2.24, 2.45) is 0 Å². The minimum atomic E-state index is -0.321. The summed E-state index contributed by atoms with van der Waals surface area (Å²) in [4.78, 5) is 4.26. The summed E-state index contributed by atoms with van der Waals surface area (Å²) in [6.45, 7) is 6.22. The number of anilines is 1. The molecule has 2 heterocycles. The van der Waals surface area contributed by atoms with Gasteiger partial charge in [-0.25, -0.2) is 8.91 Å². The summed E-state index contributed by atoms with van der Waals surface area (Å²) in [6, 6.07) is 2.98. The zero-order chi connectivity index (χ0) is 11.8.